The van der Waals surface area contributed by atoms with Crippen LogP contribution < -0.4 is 0 Å². The molecule has 0 saturated heterocycles. The minimum atomic E-state index is -0.803. The highest BCUT2D eigenvalue weighted by Crippen LogP contribution is 2.62. The normalized spacial score (nSPS) is 46.3. The van der Waals surface area contributed by atoms with Gasteiger partial charge in [-0.2, -0.15) is 0 Å². The van der Waals surface area contributed by atoms with Crippen LogP contribution in [0.5, 0.6) is 0 Å². The number of carbonyl (C=O) groups excluding carboxylic acids is 2. The van der Waals surface area contributed by atoms with Gasteiger partial charge in [-0.3, -0.25) is 9.59 Å². The Bertz CT molecular complexity index is 622. The summed E-state index contributed by atoms with van der Waals surface area (Å²) >= 11 is 0. The van der Waals surface area contributed by atoms with E-state index in [-0.39, 0.29) is 0 Å². The third-order valence-corrected chi connectivity index (χ3v) is 10.8. The fraction of sp³-hybridized carbons (Fsp3) is 0.929. The number of rotatable bonds is 8. The van der Waals surface area contributed by atoms with Crippen LogP contribution in [0.2, 0.25) is 0 Å². The molecule has 0 aromatic carbocycles. The number of carbonyl (C=O) groups is 2. The van der Waals surface area contributed by atoms with Crippen LogP contribution in [0.25, 0.3) is 0 Å². The van der Waals surface area contributed by atoms with Gasteiger partial charge in [0.05, 0.1) is 13.2 Å². The molecule has 8 rings (SSSR count). The summed E-state index contributed by atoms with van der Waals surface area (Å²) in [6.07, 6.45) is 18.6. The lowest BCUT2D eigenvalue weighted by atomic mass is 9.49. The van der Waals surface area contributed by atoms with Crippen LogP contribution in [0.3, 0.4) is 0 Å². The van der Waals surface area contributed by atoms with E-state index in [4.69, 9.17) is 9.47 Å². The van der Waals surface area contributed by atoms with E-state index < -0.39 is 17.9 Å². The van der Waals surface area contributed by atoms with Crippen molar-refractivity contribution < 1.29 is 19.1 Å². The smallest absolute Gasteiger partial charge is 0.320 e. The Morgan fingerprint density at radius 2 is 0.906 bits per heavy atom. The zero-order chi connectivity index (χ0) is 21.9. The van der Waals surface area contributed by atoms with Crippen LogP contribution in [0.15, 0.2) is 0 Å². The lowest BCUT2D eigenvalue weighted by Gasteiger charge is -2.57. The molecule has 0 amide bonds. The third kappa shape index (κ3) is 4.02. The first-order chi connectivity index (χ1) is 15.4. The molecule has 0 heterocycles. The number of hydrogen-bond acceptors (Lipinski definition) is 4. The van der Waals surface area contributed by atoms with Crippen LogP contribution in [-0.4, -0.2) is 25.2 Å². The highest BCUT2D eigenvalue weighted by molar-refractivity contribution is 5.94. The first kappa shape index (κ1) is 21.5. The van der Waals surface area contributed by atoms with Gasteiger partial charge in [0, 0.05) is 0 Å². The molecule has 0 unspecified atom stereocenters. The predicted molar refractivity (Wildman–Crippen MR) is 122 cm³/mol. The second-order valence-corrected chi connectivity index (χ2v) is 13.4. The van der Waals surface area contributed by atoms with Gasteiger partial charge in [-0.1, -0.05) is 0 Å². The summed E-state index contributed by atoms with van der Waals surface area (Å²) in [5.41, 5.74) is 0.827. The molecule has 8 saturated carbocycles. The van der Waals surface area contributed by atoms with E-state index in [0.29, 0.717) is 24.0 Å². The zero-order valence-electron chi connectivity index (χ0n) is 20.0. The molecule has 4 heteroatoms. The molecular formula is C28H42O4. The molecule has 0 N–H and O–H groups in total. The van der Waals surface area contributed by atoms with E-state index in [1.54, 1.807) is 6.92 Å². The second kappa shape index (κ2) is 8.01. The minimum absolute atomic E-state index is 0.394. The molecule has 8 aliphatic carbocycles. The molecule has 32 heavy (non-hydrogen) atoms. The Balaban J connectivity index is 0.936. The average Bonchev–Trinajstić information content (AvgIpc) is 2.70. The Morgan fingerprint density at radius 3 is 1.19 bits per heavy atom. The quantitative estimate of drug-likeness (QED) is 0.346. The van der Waals surface area contributed by atoms with Gasteiger partial charge in [-0.05, 0) is 143 Å². The summed E-state index contributed by atoms with van der Waals surface area (Å²) in [6.45, 7) is 2.59. The summed E-state index contributed by atoms with van der Waals surface area (Å²) in [4.78, 5) is 25.1. The van der Waals surface area contributed by atoms with Crippen LogP contribution in [-0.2, 0) is 19.1 Å². The van der Waals surface area contributed by atoms with E-state index in [0.717, 1.165) is 48.3 Å². The van der Waals surface area contributed by atoms with Gasteiger partial charge in [0.2, 0.25) is 0 Å². The molecule has 178 valence electrons. The third-order valence-electron chi connectivity index (χ3n) is 10.8. The Kier molecular flexibility index (Phi) is 5.38. The average molecular weight is 443 g/mol. The maximum atomic E-state index is 12.5. The summed E-state index contributed by atoms with van der Waals surface area (Å²) in [7, 11) is 0. The zero-order valence-corrected chi connectivity index (χ0v) is 20.0. The Hall–Kier alpha value is -1.06. The maximum absolute atomic E-state index is 12.5. The van der Waals surface area contributed by atoms with Crippen molar-refractivity contribution in [2.75, 3.05) is 13.2 Å². The van der Waals surface area contributed by atoms with Gasteiger partial charge in [0.15, 0.2) is 5.92 Å². The molecule has 0 aliphatic heterocycles. The highest BCUT2D eigenvalue weighted by atomic mass is 16.6. The molecule has 0 spiro atoms. The van der Waals surface area contributed by atoms with E-state index in [1.807, 2.05) is 0 Å². The summed E-state index contributed by atoms with van der Waals surface area (Å²) in [6, 6.07) is 0. The lowest BCUT2D eigenvalue weighted by molar-refractivity contribution is -0.163. The second-order valence-electron chi connectivity index (χ2n) is 13.4. The lowest BCUT2D eigenvalue weighted by Crippen LogP contribution is -2.46. The molecule has 8 fully saturated rings. The van der Waals surface area contributed by atoms with Crippen molar-refractivity contribution >= 4 is 11.9 Å². The molecule has 0 radical (unpaired) electrons. The van der Waals surface area contributed by atoms with Crippen LogP contribution in [0, 0.1) is 52.3 Å². The van der Waals surface area contributed by atoms with Gasteiger partial charge in [0.1, 0.15) is 0 Å². The van der Waals surface area contributed by atoms with Gasteiger partial charge in [-0.25, -0.2) is 0 Å². The number of ether oxygens (including phenoxy) is 2. The van der Waals surface area contributed by atoms with Crippen molar-refractivity contribution in [3.8, 4) is 0 Å². The van der Waals surface area contributed by atoms with Crippen LogP contribution in [0.1, 0.15) is 96.8 Å². The molecule has 0 aromatic rings. The molecule has 8 bridgehead atoms. The van der Waals surface area contributed by atoms with Crippen molar-refractivity contribution in [3.05, 3.63) is 0 Å². The van der Waals surface area contributed by atoms with Gasteiger partial charge in [0.25, 0.3) is 0 Å². The van der Waals surface area contributed by atoms with E-state index >= 15 is 0 Å². The molecular weight excluding hydrogens is 400 g/mol. The Morgan fingerprint density at radius 1 is 0.625 bits per heavy atom. The van der Waals surface area contributed by atoms with Crippen LogP contribution >= 0.6 is 0 Å². The van der Waals surface area contributed by atoms with E-state index in [1.165, 1.54) is 77.0 Å². The molecule has 8 aliphatic rings. The van der Waals surface area contributed by atoms with E-state index in [9.17, 15) is 9.59 Å². The number of hydrogen-bond donors (Lipinski definition) is 0. The van der Waals surface area contributed by atoms with Crippen molar-refractivity contribution in [1.29, 1.82) is 0 Å². The van der Waals surface area contributed by atoms with Crippen molar-refractivity contribution in [2.45, 2.75) is 96.8 Å². The molecule has 4 nitrogen and oxygen atoms in total. The van der Waals surface area contributed by atoms with Crippen molar-refractivity contribution in [1.82, 2.24) is 0 Å². The van der Waals surface area contributed by atoms with Gasteiger partial charge < -0.3 is 9.47 Å². The van der Waals surface area contributed by atoms with Crippen LogP contribution in [0.4, 0.5) is 0 Å². The van der Waals surface area contributed by atoms with Gasteiger partial charge >= 0.3 is 11.9 Å². The monoisotopic (exact) mass is 442 g/mol. The molecule has 0 atom stereocenters. The number of esters is 2. The minimum Gasteiger partial charge on any atom is -0.465 e. The first-order valence-electron chi connectivity index (χ1n) is 13.7. The largest absolute Gasteiger partial charge is 0.465 e. The van der Waals surface area contributed by atoms with Crippen molar-refractivity contribution in [2.24, 2.45) is 52.3 Å². The first-order valence-corrected chi connectivity index (χ1v) is 13.7. The summed E-state index contributed by atoms with van der Waals surface area (Å²) in [5, 5.41) is 0. The fourth-order valence-electron chi connectivity index (χ4n) is 10.3. The fourth-order valence-corrected chi connectivity index (χ4v) is 10.3. The van der Waals surface area contributed by atoms with Gasteiger partial charge in [-0.15, -0.1) is 0 Å². The predicted octanol–water partition coefficient (Wildman–Crippen LogP) is 5.92. The topological polar surface area (TPSA) is 52.6 Å². The highest BCUT2D eigenvalue weighted by Gasteiger charge is 2.51. The summed E-state index contributed by atoms with van der Waals surface area (Å²) < 4.78 is 11.2. The Labute approximate surface area is 193 Å². The van der Waals surface area contributed by atoms with Crippen molar-refractivity contribution in [3.63, 3.8) is 0 Å². The molecule has 0 aromatic heterocycles. The van der Waals surface area contributed by atoms with E-state index in [2.05, 4.69) is 0 Å². The SMILES string of the molecule is CC(C(=O)OCCC12CC3CC(CC(C3)C1)C2)C(=O)OCCC12CC3CC(CC(C3)C1)C2. The maximum Gasteiger partial charge on any atom is 0.320 e. The summed E-state index contributed by atoms with van der Waals surface area (Å²) in [5.74, 6) is 3.91. The standard InChI is InChI=1S/C28H42O4/c1-18(25(29)31-4-2-27-12-19-6-20(13-27)8-21(7-19)14-27)26(30)32-5-3-28-15-22-9-23(16-28)11-24(10-22)17-28/h18-24H,2-17H2,1H3.